The van der Waals surface area contributed by atoms with E-state index < -0.39 is 0 Å². The molecule has 3 heterocycles. The number of pyridine rings is 1. The zero-order valence-corrected chi connectivity index (χ0v) is 20.4. The van der Waals surface area contributed by atoms with Gasteiger partial charge in [-0.15, -0.1) is 0 Å². The predicted octanol–water partition coefficient (Wildman–Crippen LogP) is 4.95. The second-order valence-electron chi connectivity index (χ2n) is 8.76. The van der Waals surface area contributed by atoms with Crippen LogP contribution in [0.15, 0.2) is 77.6 Å². The largest absolute Gasteiger partial charge is 0.317 e. The molecule has 0 radical (unpaired) electrons. The van der Waals surface area contributed by atoms with Crippen molar-refractivity contribution < 1.29 is 9.59 Å². The van der Waals surface area contributed by atoms with Gasteiger partial charge in [0.05, 0.1) is 11.3 Å². The van der Waals surface area contributed by atoms with Gasteiger partial charge in [-0.05, 0) is 50.7 Å². The summed E-state index contributed by atoms with van der Waals surface area (Å²) in [6.07, 6.45) is 1.59. The van der Waals surface area contributed by atoms with E-state index in [1.54, 1.807) is 22.8 Å². The Labute approximate surface area is 207 Å². The molecule has 35 heavy (non-hydrogen) atoms. The van der Waals surface area contributed by atoms with Gasteiger partial charge in [0.15, 0.2) is 5.78 Å². The number of hydrogen-bond donors (Lipinski definition) is 1. The molecular weight excluding hydrogens is 458 g/mol. The minimum Gasteiger partial charge on any atom is -0.317 e. The van der Waals surface area contributed by atoms with E-state index in [1.807, 2.05) is 48.5 Å². The summed E-state index contributed by atoms with van der Waals surface area (Å²) in [7, 11) is 0. The van der Waals surface area contributed by atoms with Crippen LogP contribution in [0.1, 0.15) is 35.7 Å². The Balaban J connectivity index is 1.61. The molecule has 2 aromatic heterocycles. The van der Waals surface area contributed by atoms with Crippen molar-refractivity contribution in [3.63, 3.8) is 0 Å². The van der Waals surface area contributed by atoms with E-state index >= 15 is 0 Å². The first kappa shape index (κ1) is 23.2. The molecule has 1 fully saturated rings. The number of nitrogens with one attached hydrogen (secondary N) is 1. The molecule has 0 bridgehead atoms. The van der Waals surface area contributed by atoms with E-state index in [0.717, 1.165) is 32.5 Å². The molecule has 4 aromatic rings. The van der Waals surface area contributed by atoms with E-state index in [1.165, 1.54) is 17.4 Å². The molecule has 1 amide bonds. The number of anilines is 1. The number of hydrogen-bond acceptors (Lipinski definition) is 5. The summed E-state index contributed by atoms with van der Waals surface area (Å²) in [5.74, 6) is -0.340. The summed E-state index contributed by atoms with van der Waals surface area (Å²) in [6, 6.07) is 21.6. The van der Waals surface area contributed by atoms with Gasteiger partial charge in [-0.25, -0.2) is 0 Å². The van der Waals surface area contributed by atoms with Crippen LogP contribution in [0.2, 0.25) is 0 Å². The summed E-state index contributed by atoms with van der Waals surface area (Å²) in [5, 5.41) is 4.22. The third-order valence-electron chi connectivity index (χ3n) is 6.66. The van der Waals surface area contributed by atoms with Gasteiger partial charge >= 0.3 is 0 Å². The highest BCUT2D eigenvalue weighted by Gasteiger charge is 2.28. The summed E-state index contributed by atoms with van der Waals surface area (Å²) in [4.78, 5) is 42.8. The number of aromatic nitrogens is 1. The first-order chi connectivity index (χ1) is 17.1. The van der Waals surface area contributed by atoms with Crippen LogP contribution in [0.25, 0.3) is 15.9 Å². The maximum Gasteiger partial charge on any atom is 0.256 e. The molecule has 0 unspecified atom stereocenters. The van der Waals surface area contributed by atoms with E-state index in [9.17, 15) is 14.4 Å². The quantitative estimate of drug-likeness (QED) is 0.392. The molecule has 6 nitrogen and oxygen atoms in total. The van der Waals surface area contributed by atoms with Crippen LogP contribution in [-0.4, -0.2) is 40.8 Å². The molecular formula is C28H27N3O3S. The topological polar surface area (TPSA) is 71.4 Å². The SMILES string of the molecule is CCN1CCC(C(=O)Nc2sc3c(ccc(=O)n3-c3ccccc3)c2C(=O)c2ccccc2)CC1. The van der Waals surface area contributed by atoms with Gasteiger partial charge in [-0.1, -0.05) is 66.8 Å². The number of thiophene rings is 1. The third-order valence-corrected chi connectivity index (χ3v) is 7.77. The molecule has 0 spiro atoms. The van der Waals surface area contributed by atoms with Crippen LogP contribution >= 0.6 is 11.3 Å². The highest BCUT2D eigenvalue weighted by Crippen LogP contribution is 2.38. The summed E-state index contributed by atoms with van der Waals surface area (Å²) in [5.41, 5.74) is 1.50. The predicted molar refractivity (Wildman–Crippen MR) is 141 cm³/mol. The van der Waals surface area contributed by atoms with Crippen molar-refractivity contribution in [3.05, 3.63) is 94.3 Å². The standard InChI is InChI=1S/C28H27N3O3S/c1-2-30-17-15-20(16-18-30)26(34)29-27-24(25(33)19-9-5-3-6-10-19)22-13-14-23(32)31(28(22)35-27)21-11-7-4-8-12-21/h3-14,20H,2,15-18H2,1H3,(H,29,34). The number of carbonyl (C=O) groups excluding carboxylic acids is 2. The van der Waals surface area contributed by atoms with Gasteiger partial charge in [0.2, 0.25) is 5.91 Å². The van der Waals surface area contributed by atoms with Crippen molar-refractivity contribution in [1.82, 2.24) is 9.47 Å². The van der Waals surface area contributed by atoms with Gasteiger partial charge in [0.25, 0.3) is 5.56 Å². The highest BCUT2D eigenvalue weighted by atomic mass is 32.1. The number of ketones is 1. The zero-order chi connectivity index (χ0) is 24.4. The molecule has 2 aromatic carbocycles. The fourth-order valence-electron chi connectivity index (χ4n) is 4.68. The second kappa shape index (κ2) is 9.98. The Morgan fingerprint density at radius 2 is 1.60 bits per heavy atom. The summed E-state index contributed by atoms with van der Waals surface area (Å²) >= 11 is 1.28. The smallest absolute Gasteiger partial charge is 0.256 e. The second-order valence-corrected chi connectivity index (χ2v) is 9.76. The Morgan fingerprint density at radius 3 is 2.26 bits per heavy atom. The lowest BCUT2D eigenvalue weighted by Gasteiger charge is -2.30. The van der Waals surface area contributed by atoms with E-state index in [2.05, 4.69) is 17.1 Å². The molecule has 1 saturated heterocycles. The monoisotopic (exact) mass is 485 g/mol. The fourth-order valence-corrected chi connectivity index (χ4v) is 5.89. The first-order valence-corrected chi connectivity index (χ1v) is 12.8. The number of piperidine rings is 1. The third kappa shape index (κ3) is 4.57. The van der Waals surface area contributed by atoms with Crippen molar-refractivity contribution >= 4 is 38.2 Å². The molecule has 7 heteroatoms. The Kier molecular flexibility index (Phi) is 6.61. The van der Waals surface area contributed by atoms with Crippen molar-refractivity contribution in [2.24, 2.45) is 5.92 Å². The zero-order valence-electron chi connectivity index (χ0n) is 19.6. The van der Waals surface area contributed by atoms with Gasteiger partial charge < -0.3 is 10.2 Å². The fraction of sp³-hybridized carbons (Fsp3) is 0.250. The lowest BCUT2D eigenvalue weighted by Crippen LogP contribution is -2.38. The Morgan fingerprint density at radius 1 is 0.943 bits per heavy atom. The minimum absolute atomic E-state index is 0.0666. The van der Waals surface area contributed by atoms with Crippen LogP contribution in [0.3, 0.4) is 0 Å². The number of nitrogens with zero attached hydrogens (tertiary/aromatic N) is 2. The van der Waals surface area contributed by atoms with Crippen molar-refractivity contribution in [1.29, 1.82) is 0 Å². The molecule has 1 N–H and O–H groups in total. The van der Waals surface area contributed by atoms with Crippen LogP contribution in [0.4, 0.5) is 5.00 Å². The van der Waals surface area contributed by atoms with Crippen molar-refractivity contribution in [2.45, 2.75) is 19.8 Å². The van der Waals surface area contributed by atoms with Crippen molar-refractivity contribution in [3.8, 4) is 5.69 Å². The van der Waals surface area contributed by atoms with Gasteiger partial charge in [-0.2, -0.15) is 0 Å². The minimum atomic E-state index is -0.187. The van der Waals surface area contributed by atoms with Crippen LogP contribution < -0.4 is 10.9 Å². The van der Waals surface area contributed by atoms with Crippen molar-refractivity contribution in [2.75, 3.05) is 25.0 Å². The number of benzene rings is 2. The molecule has 5 rings (SSSR count). The van der Waals surface area contributed by atoms with Gasteiger partial charge in [0.1, 0.15) is 9.83 Å². The molecule has 1 aliphatic rings. The van der Waals surface area contributed by atoms with E-state index in [-0.39, 0.29) is 23.2 Å². The number of para-hydroxylation sites is 1. The van der Waals surface area contributed by atoms with Crippen LogP contribution in [0.5, 0.6) is 0 Å². The maximum atomic E-state index is 13.7. The molecule has 0 saturated carbocycles. The number of rotatable bonds is 6. The average molecular weight is 486 g/mol. The number of fused-ring (bicyclic) bond motifs is 1. The highest BCUT2D eigenvalue weighted by molar-refractivity contribution is 7.23. The number of likely N-dealkylation sites (tertiary alicyclic amines) is 1. The van der Waals surface area contributed by atoms with Gasteiger partial charge in [-0.3, -0.25) is 19.0 Å². The van der Waals surface area contributed by atoms with Crippen LogP contribution in [-0.2, 0) is 4.79 Å². The first-order valence-electron chi connectivity index (χ1n) is 11.9. The Hall–Kier alpha value is -3.55. The van der Waals surface area contributed by atoms with E-state index in [0.29, 0.717) is 32.0 Å². The molecule has 0 aliphatic carbocycles. The normalized spacial score (nSPS) is 14.8. The van der Waals surface area contributed by atoms with Gasteiger partial charge in [0, 0.05) is 22.9 Å². The number of amides is 1. The molecule has 1 aliphatic heterocycles. The lowest BCUT2D eigenvalue weighted by atomic mass is 9.95. The average Bonchev–Trinajstić information content (AvgIpc) is 3.26. The van der Waals surface area contributed by atoms with Crippen LogP contribution in [0, 0.1) is 5.92 Å². The molecule has 0 atom stereocenters. The maximum absolute atomic E-state index is 13.7. The molecule has 178 valence electrons. The lowest BCUT2D eigenvalue weighted by molar-refractivity contribution is -0.121. The number of carbonyl (C=O) groups is 2. The summed E-state index contributed by atoms with van der Waals surface area (Å²) in [6.45, 7) is 4.90. The Bertz CT molecular complexity index is 1420. The summed E-state index contributed by atoms with van der Waals surface area (Å²) < 4.78 is 1.61. The van der Waals surface area contributed by atoms with E-state index in [4.69, 9.17) is 0 Å².